The van der Waals surface area contributed by atoms with E-state index in [2.05, 4.69) is 48.2 Å². The van der Waals surface area contributed by atoms with E-state index < -0.39 is 0 Å². The summed E-state index contributed by atoms with van der Waals surface area (Å²) in [6, 6.07) is 14.0. The molecule has 0 radical (unpaired) electrons. The Balaban J connectivity index is 1.49. The molecule has 1 aromatic carbocycles. The molecule has 2 fully saturated rings. The first-order valence-corrected chi connectivity index (χ1v) is 7.86. The fraction of sp³-hybridized carbons (Fsp3) is 0.611. The number of hydrogen-bond donors (Lipinski definition) is 0. The summed E-state index contributed by atoms with van der Waals surface area (Å²) in [7, 11) is 0. The number of hydrogen-bond acceptors (Lipinski definition) is 2. The van der Waals surface area contributed by atoms with Crippen molar-refractivity contribution in [2.24, 2.45) is 5.41 Å². The van der Waals surface area contributed by atoms with Crippen LogP contribution in [0.1, 0.15) is 50.5 Å². The Morgan fingerprint density at radius 2 is 1.85 bits per heavy atom. The van der Waals surface area contributed by atoms with E-state index in [1.807, 2.05) is 0 Å². The molecule has 1 saturated heterocycles. The highest BCUT2D eigenvalue weighted by Crippen LogP contribution is 2.42. The van der Waals surface area contributed by atoms with Crippen molar-refractivity contribution in [3.63, 3.8) is 0 Å². The topological polar surface area (TPSA) is 27.0 Å². The van der Waals surface area contributed by atoms with Crippen LogP contribution in [0.25, 0.3) is 0 Å². The zero-order valence-electron chi connectivity index (χ0n) is 12.4. The van der Waals surface area contributed by atoms with Crippen LogP contribution in [0, 0.1) is 16.7 Å². The van der Waals surface area contributed by atoms with Crippen molar-refractivity contribution in [1.82, 2.24) is 4.90 Å². The Morgan fingerprint density at radius 3 is 2.45 bits per heavy atom. The monoisotopic (exact) mass is 268 g/mol. The second-order valence-corrected chi connectivity index (χ2v) is 6.94. The summed E-state index contributed by atoms with van der Waals surface area (Å²) in [6.45, 7) is 4.74. The van der Waals surface area contributed by atoms with Gasteiger partial charge in [0.2, 0.25) is 0 Å². The third-order valence-corrected chi connectivity index (χ3v) is 5.37. The average Bonchev–Trinajstić information content (AvgIpc) is 2.41. The van der Waals surface area contributed by atoms with Gasteiger partial charge < -0.3 is 0 Å². The zero-order chi connectivity index (χ0) is 14.0. The highest BCUT2D eigenvalue weighted by Gasteiger charge is 2.38. The molecule has 20 heavy (non-hydrogen) atoms. The molecule has 1 heterocycles. The maximum Gasteiger partial charge on any atom is 0.0627 e. The fourth-order valence-electron chi connectivity index (χ4n) is 3.78. The van der Waals surface area contributed by atoms with Crippen molar-refractivity contribution in [3.05, 3.63) is 35.9 Å². The molecule has 3 rings (SSSR count). The minimum atomic E-state index is 0.287. The third-order valence-electron chi connectivity index (χ3n) is 5.37. The number of benzene rings is 1. The first kappa shape index (κ1) is 13.6. The summed E-state index contributed by atoms with van der Waals surface area (Å²) in [5.74, 6) is 0.739. The molecule has 0 amide bonds. The molecule has 0 bridgehead atoms. The second-order valence-electron chi connectivity index (χ2n) is 6.94. The van der Waals surface area contributed by atoms with Gasteiger partial charge in [-0.3, -0.25) is 4.90 Å². The molecular weight excluding hydrogens is 244 g/mol. The normalized spacial score (nSPS) is 31.5. The van der Waals surface area contributed by atoms with Crippen molar-refractivity contribution < 1.29 is 0 Å². The zero-order valence-corrected chi connectivity index (χ0v) is 12.4. The van der Waals surface area contributed by atoms with Crippen LogP contribution in [0.2, 0.25) is 0 Å². The Labute approximate surface area is 122 Å². The first-order chi connectivity index (χ1) is 9.70. The number of nitriles is 1. The van der Waals surface area contributed by atoms with E-state index >= 15 is 0 Å². The fourth-order valence-corrected chi connectivity index (χ4v) is 3.78. The van der Waals surface area contributed by atoms with Gasteiger partial charge in [0, 0.05) is 31.5 Å². The van der Waals surface area contributed by atoms with Crippen molar-refractivity contribution in [2.75, 3.05) is 13.1 Å². The number of rotatable bonds is 3. The molecule has 2 heteroatoms. The van der Waals surface area contributed by atoms with Crippen LogP contribution in [-0.2, 0) is 0 Å². The predicted molar refractivity (Wildman–Crippen MR) is 81.3 cm³/mol. The van der Waals surface area contributed by atoms with Gasteiger partial charge in [0.05, 0.1) is 6.07 Å². The molecule has 106 valence electrons. The van der Waals surface area contributed by atoms with Gasteiger partial charge in [-0.15, -0.1) is 0 Å². The van der Waals surface area contributed by atoms with E-state index in [-0.39, 0.29) is 5.41 Å². The van der Waals surface area contributed by atoms with E-state index in [0.717, 1.165) is 18.4 Å². The summed E-state index contributed by atoms with van der Waals surface area (Å²) >= 11 is 0. The Kier molecular flexibility index (Phi) is 3.81. The smallest absolute Gasteiger partial charge is 0.0627 e. The summed E-state index contributed by atoms with van der Waals surface area (Å²) in [5, 5.41) is 8.92. The highest BCUT2D eigenvalue weighted by molar-refractivity contribution is 5.23. The molecule has 0 spiro atoms. The van der Waals surface area contributed by atoms with Gasteiger partial charge in [-0.2, -0.15) is 5.26 Å². The molecule has 0 unspecified atom stereocenters. The summed E-state index contributed by atoms with van der Waals surface area (Å²) in [5.41, 5.74) is 1.78. The number of nitrogens with zero attached hydrogens (tertiary/aromatic N) is 2. The van der Waals surface area contributed by atoms with Gasteiger partial charge in [-0.25, -0.2) is 0 Å². The lowest BCUT2D eigenvalue weighted by Crippen LogP contribution is -2.52. The van der Waals surface area contributed by atoms with Crippen molar-refractivity contribution in [1.29, 1.82) is 5.26 Å². The number of likely N-dealkylation sites (tertiary alicyclic amines) is 1. The molecule has 0 N–H and O–H groups in total. The molecule has 1 aromatic rings. The summed E-state index contributed by atoms with van der Waals surface area (Å²) < 4.78 is 0. The highest BCUT2D eigenvalue weighted by atomic mass is 15.2. The Morgan fingerprint density at radius 1 is 1.20 bits per heavy atom. The lowest BCUT2D eigenvalue weighted by atomic mass is 9.71. The van der Waals surface area contributed by atoms with Gasteiger partial charge in [0.1, 0.15) is 0 Å². The average molecular weight is 268 g/mol. The van der Waals surface area contributed by atoms with Gasteiger partial charge in [0.15, 0.2) is 0 Å². The molecule has 0 atom stereocenters. The predicted octanol–water partition coefficient (Wildman–Crippen LogP) is 3.95. The van der Waals surface area contributed by atoms with Gasteiger partial charge in [-0.1, -0.05) is 37.3 Å². The second kappa shape index (κ2) is 5.58. The SMILES string of the molecule is C[C@]1(CC#N)CC[C@@H](N2CC(c3ccccc3)C2)CC1. The van der Waals surface area contributed by atoms with Crippen LogP contribution >= 0.6 is 0 Å². The Bertz CT molecular complexity index is 474. The van der Waals surface area contributed by atoms with Gasteiger partial charge in [0.25, 0.3) is 0 Å². The van der Waals surface area contributed by atoms with Gasteiger partial charge >= 0.3 is 0 Å². The van der Waals surface area contributed by atoms with Crippen LogP contribution in [0.3, 0.4) is 0 Å². The van der Waals surface area contributed by atoms with Crippen LogP contribution in [0.4, 0.5) is 0 Å². The molecule has 1 aliphatic carbocycles. The Hall–Kier alpha value is -1.33. The van der Waals surface area contributed by atoms with E-state index in [9.17, 15) is 0 Å². The summed E-state index contributed by atoms with van der Waals surface area (Å²) in [4.78, 5) is 2.66. The van der Waals surface area contributed by atoms with Crippen molar-refractivity contribution in [2.45, 2.75) is 51.0 Å². The van der Waals surface area contributed by atoms with Crippen LogP contribution in [-0.4, -0.2) is 24.0 Å². The summed E-state index contributed by atoms with van der Waals surface area (Å²) in [6.07, 6.45) is 5.72. The van der Waals surface area contributed by atoms with E-state index in [1.54, 1.807) is 0 Å². The van der Waals surface area contributed by atoms with Crippen LogP contribution < -0.4 is 0 Å². The van der Waals surface area contributed by atoms with E-state index in [1.165, 1.54) is 44.3 Å². The molecule has 0 aromatic heterocycles. The maximum atomic E-state index is 8.92. The van der Waals surface area contributed by atoms with Crippen molar-refractivity contribution >= 4 is 0 Å². The van der Waals surface area contributed by atoms with Crippen LogP contribution in [0.15, 0.2) is 30.3 Å². The third kappa shape index (κ3) is 2.74. The largest absolute Gasteiger partial charge is 0.299 e. The lowest BCUT2D eigenvalue weighted by molar-refractivity contribution is 0.0410. The first-order valence-electron chi connectivity index (χ1n) is 7.86. The molecular formula is C18H24N2. The van der Waals surface area contributed by atoms with E-state index in [4.69, 9.17) is 5.26 Å². The maximum absolute atomic E-state index is 8.92. The molecule has 2 aliphatic rings. The van der Waals surface area contributed by atoms with Gasteiger partial charge in [-0.05, 0) is 36.7 Å². The lowest BCUT2D eigenvalue weighted by Gasteiger charge is -2.48. The van der Waals surface area contributed by atoms with Crippen molar-refractivity contribution in [3.8, 4) is 6.07 Å². The van der Waals surface area contributed by atoms with Crippen LogP contribution in [0.5, 0.6) is 0 Å². The molecule has 1 saturated carbocycles. The molecule has 1 aliphatic heterocycles. The molecule has 2 nitrogen and oxygen atoms in total. The standard InChI is InChI=1S/C18H24N2/c1-18(11-12-19)9-7-17(8-10-18)20-13-16(14-20)15-5-3-2-4-6-15/h2-6,16-17H,7-11,13-14H2,1H3/t17-,18+. The minimum Gasteiger partial charge on any atom is -0.299 e. The minimum absolute atomic E-state index is 0.287. The quantitative estimate of drug-likeness (QED) is 0.830. The van der Waals surface area contributed by atoms with E-state index in [0.29, 0.717) is 0 Å².